The fraction of sp³-hybridized carbons (Fsp3) is 0.571. The first-order valence-electron chi connectivity index (χ1n) is 5.86. The topological polar surface area (TPSA) is 9.23 Å². The van der Waals surface area contributed by atoms with Crippen LogP contribution in [0.15, 0.2) is 30.3 Å². The minimum atomic E-state index is 0.102. The molecule has 1 aromatic rings. The van der Waals surface area contributed by atoms with Crippen molar-refractivity contribution in [3.63, 3.8) is 0 Å². The Morgan fingerprint density at radius 2 is 1.94 bits per heavy atom. The number of rotatable bonds is 3. The van der Waals surface area contributed by atoms with E-state index in [2.05, 4.69) is 32.9 Å². The SMILES string of the molecule is CC(OC1CC(Cl)C1(C)C)c1ccccc1. The standard InChI is InChI=1S/C14H19ClO/c1-10(11-7-5-4-6-8-11)16-13-9-12(15)14(13,2)3/h4-8,10,12-13H,9H2,1-3H3. The van der Waals surface area contributed by atoms with Crippen LogP contribution in [0, 0.1) is 5.41 Å². The lowest BCUT2D eigenvalue weighted by atomic mass is 9.68. The Kier molecular flexibility index (Phi) is 3.27. The van der Waals surface area contributed by atoms with Crippen molar-refractivity contribution in [3.8, 4) is 0 Å². The number of hydrogen-bond acceptors (Lipinski definition) is 1. The Morgan fingerprint density at radius 1 is 1.31 bits per heavy atom. The first-order chi connectivity index (χ1) is 7.51. The van der Waals surface area contributed by atoms with Gasteiger partial charge in [0.1, 0.15) is 0 Å². The minimum Gasteiger partial charge on any atom is -0.370 e. The van der Waals surface area contributed by atoms with Crippen LogP contribution in [-0.2, 0) is 4.74 Å². The van der Waals surface area contributed by atoms with E-state index in [0.29, 0.717) is 0 Å². The van der Waals surface area contributed by atoms with E-state index in [-0.39, 0.29) is 23.0 Å². The Balaban J connectivity index is 1.97. The average Bonchev–Trinajstić information content (AvgIpc) is 2.29. The monoisotopic (exact) mass is 238 g/mol. The van der Waals surface area contributed by atoms with Crippen molar-refractivity contribution in [1.29, 1.82) is 0 Å². The quantitative estimate of drug-likeness (QED) is 0.719. The maximum Gasteiger partial charge on any atom is 0.0800 e. The van der Waals surface area contributed by atoms with Gasteiger partial charge < -0.3 is 4.74 Å². The van der Waals surface area contributed by atoms with Crippen molar-refractivity contribution < 1.29 is 4.74 Å². The Hall–Kier alpha value is -0.530. The first kappa shape index (κ1) is 11.9. The summed E-state index contributed by atoms with van der Waals surface area (Å²) in [6.07, 6.45) is 1.39. The molecule has 1 saturated carbocycles. The van der Waals surface area contributed by atoms with Gasteiger partial charge in [-0.2, -0.15) is 0 Å². The van der Waals surface area contributed by atoms with E-state index in [1.807, 2.05) is 18.2 Å². The molecule has 0 bridgehead atoms. The molecule has 0 spiro atoms. The molecule has 16 heavy (non-hydrogen) atoms. The number of halogens is 1. The van der Waals surface area contributed by atoms with E-state index in [0.717, 1.165) is 6.42 Å². The Morgan fingerprint density at radius 3 is 2.44 bits per heavy atom. The molecule has 0 saturated heterocycles. The summed E-state index contributed by atoms with van der Waals surface area (Å²) in [4.78, 5) is 0. The molecule has 88 valence electrons. The molecule has 3 atom stereocenters. The van der Waals surface area contributed by atoms with Crippen molar-refractivity contribution >= 4 is 11.6 Å². The van der Waals surface area contributed by atoms with Crippen LogP contribution in [-0.4, -0.2) is 11.5 Å². The van der Waals surface area contributed by atoms with Crippen LogP contribution in [0.5, 0.6) is 0 Å². The van der Waals surface area contributed by atoms with Gasteiger partial charge in [0, 0.05) is 10.8 Å². The molecule has 1 fully saturated rings. The van der Waals surface area contributed by atoms with E-state index in [9.17, 15) is 0 Å². The third-order valence-corrected chi connectivity index (χ3v) is 4.44. The zero-order valence-electron chi connectivity index (χ0n) is 10.1. The molecular weight excluding hydrogens is 220 g/mol. The molecule has 0 N–H and O–H groups in total. The van der Waals surface area contributed by atoms with Crippen molar-refractivity contribution in [2.45, 2.75) is 44.8 Å². The third kappa shape index (κ3) is 2.11. The molecule has 1 nitrogen and oxygen atoms in total. The van der Waals surface area contributed by atoms with Gasteiger partial charge in [0.2, 0.25) is 0 Å². The lowest BCUT2D eigenvalue weighted by Gasteiger charge is -2.49. The van der Waals surface area contributed by atoms with E-state index >= 15 is 0 Å². The average molecular weight is 239 g/mol. The predicted octanol–water partition coefficient (Wildman–Crippen LogP) is 4.17. The van der Waals surface area contributed by atoms with Crippen molar-refractivity contribution in [2.75, 3.05) is 0 Å². The molecule has 0 amide bonds. The Bertz CT molecular complexity index is 347. The molecule has 2 rings (SSSR count). The van der Waals surface area contributed by atoms with Crippen LogP contribution >= 0.6 is 11.6 Å². The van der Waals surface area contributed by atoms with E-state index < -0.39 is 0 Å². The predicted molar refractivity (Wildman–Crippen MR) is 67.8 cm³/mol. The minimum absolute atomic E-state index is 0.102. The summed E-state index contributed by atoms with van der Waals surface area (Å²) >= 11 is 6.18. The van der Waals surface area contributed by atoms with Gasteiger partial charge in [-0.05, 0) is 18.9 Å². The van der Waals surface area contributed by atoms with Gasteiger partial charge in [-0.15, -0.1) is 11.6 Å². The summed E-state index contributed by atoms with van der Waals surface area (Å²) in [6.45, 7) is 6.46. The summed E-state index contributed by atoms with van der Waals surface area (Å²) in [6, 6.07) is 10.3. The van der Waals surface area contributed by atoms with Crippen LogP contribution in [0.3, 0.4) is 0 Å². The number of ether oxygens (including phenoxy) is 1. The van der Waals surface area contributed by atoms with Gasteiger partial charge in [0.15, 0.2) is 0 Å². The molecular formula is C14H19ClO. The largest absolute Gasteiger partial charge is 0.370 e. The summed E-state index contributed by atoms with van der Waals surface area (Å²) in [5.74, 6) is 0. The first-order valence-corrected chi connectivity index (χ1v) is 6.30. The molecule has 1 aromatic carbocycles. The molecule has 3 unspecified atom stereocenters. The number of benzene rings is 1. The van der Waals surface area contributed by atoms with Crippen LogP contribution < -0.4 is 0 Å². The Labute approximate surface area is 103 Å². The van der Waals surface area contributed by atoms with Crippen molar-refractivity contribution in [1.82, 2.24) is 0 Å². The third-order valence-electron chi connectivity index (χ3n) is 3.70. The lowest BCUT2D eigenvalue weighted by Crippen LogP contribution is -2.52. The second kappa shape index (κ2) is 4.38. The van der Waals surface area contributed by atoms with Crippen LogP contribution in [0.4, 0.5) is 0 Å². The van der Waals surface area contributed by atoms with E-state index in [1.54, 1.807) is 0 Å². The van der Waals surface area contributed by atoms with Crippen LogP contribution in [0.25, 0.3) is 0 Å². The lowest BCUT2D eigenvalue weighted by molar-refractivity contribution is -0.120. The van der Waals surface area contributed by atoms with Gasteiger partial charge in [0.25, 0.3) is 0 Å². The summed E-state index contributed by atoms with van der Waals surface area (Å²) in [5.41, 5.74) is 1.33. The molecule has 0 aliphatic heterocycles. The van der Waals surface area contributed by atoms with Crippen molar-refractivity contribution in [2.24, 2.45) is 5.41 Å². The highest BCUT2D eigenvalue weighted by molar-refractivity contribution is 6.21. The van der Waals surface area contributed by atoms with Crippen LogP contribution in [0.1, 0.15) is 38.9 Å². The molecule has 0 radical (unpaired) electrons. The maximum atomic E-state index is 6.18. The second-order valence-electron chi connectivity index (χ2n) is 5.20. The zero-order chi connectivity index (χ0) is 11.8. The number of alkyl halides is 1. The maximum absolute atomic E-state index is 6.18. The molecule has 0 heterocycles. The van der Waals surface area contributed by atoms with Gasteiger partial charge >= 0.3 is 0 Å². The highest BCUT2D eigenvalue weighted by Gasteiger charge is 2.48. The van der Waals surface area contributed by atoms with Crippen molar-refractivity contribution in [3.05, 3.63) is 35.9 Å². The second-order valence-corrected chi connectivity index (χ2v) is 5.73. The fourth-order valence-corrected chi connectivity index (χ4v) is 2.42. The smallest absolute Gasteiger partial charge is 0.0800 e. The molecule has 1 aliphatic rings. The van der Waals surface area contributed by atoms with Crippen LogP contribution in [0.2, 0.25) is 0 Å². The molecule has 2 heteroatoms. The van der Waals surface area contributed by atoms with Gasteiger partial charge in [-0.3, -0.25) is 0 Å². The highest BCUT2D eigenvalue weighted by atomic mass is 35.5. The summed E-state index contributed by atoms with van der Waals surface area (Å²) in [5, 5.41) is 0.250. The fourth-order valence-electron chi connectivity index (χ4n) is 2.12. The summed E-state index contributed by atoms with van der Waals surface area (Å²) < 4.78 is 6.07. The van der Waals surface area contributed by atoms with E-state index in [4.69, 9.17) is 16.3 Å². The zero-order valence-corrected chi connectivity index (χ0v) is 10.9. The van der Waals surface area contributed by atoms with Gasteiger partial charge in [-0.25, -0.2) is 0 Å². The van der Waals surface area contributed by atoms with Gasteiger partial charge in [0.05, 0.1) is 12.2 Å². The number of hydrogen-bond donors (Lipinski definition) is 0. The molecule has 1 aliphatic carbocycles. The summed E-state index contributed by atoms with van der Waals surface area (Å²) in [7, 11) is 0. The van der Waals surface area contributed by atoms with E-state index in [1.165, 1.54) is 5.56 Å². The molecule has 0 aromatic heterocycles. The van der Waals surface area contributed by atoms with Gasteiger partial charge in [-0.1, -0.05) is 44.2 Å². The normalized spacial score (nSPS) is 29.5. The highest BCUT2D eigenvalue weighted by Crippen LogP contribution is 2.47.